The third-order valence-corrected chi connectivity index (χ3v) is 6.63. The number of carbonyl (C=O) groups excluding carboxylic acids is 1. The van der Waals surface area contributed by atoms with Gasteiger partial charge in [0.25, 0.3) is 0 Å². The fourth-order valence-corrected chi connectivity index (χ4v) is 4.82. The molecule has 0 fully saturated rings. The van der Waals surface area contributed by atoms with Gasteiger partial charge in [0.15, 0.2) is 11.5 Å². The molecule has 4 aromatic rings. The summed E-state index contributed by atoms with van der Waals surface area (Å²) in [5.41, 5.74) is 4.05. The first-order valence-corrected chi connectivity index (χ1v) is 11.2. The molecule has 2 aromatic heterocycles. The summed E-state index contributed by atoms with van der Waals surface area (Å²) in [6, 6.07) is 9.39. The first kappa shape index (κ1) is 19.9. The minimum absolute atomic E-state index is 0.0454. The van der Waals surface area contributed by atoms with Gasteiger partial charge < -0.3 is 23.6 Å². The second-order valence-corrected chi connectivity index (χ2v) is 8.69. The van der Waals surface area contributed by atoms with E-state index in [4.69, 9.17) is 18.3 Å². The average Bonchev–Trinajstić information content (AvgIpc) is 3.43. The maximum absolute atomic E-state index is 12.7. The average molecular weight is 445 g/mol. The number of aryl methyl sites for hydroxylation is 3. The first-order valence-electron chi connectivity index (χ1n) is 11.2. The fraction of sp³-hybridized carbons (Fsp3) is 0.308. The molecule has 0 atom stereocenters. The van der Waals surface area contributed by atoms with Crippen LogP contribution in [-0.2, 0) is 30.6 Å². The highest BCUT2D eigenvalue weighted by Crippen LogP contribution is 2.35. The molecule has 168 valence electrons. The molecular weight excluding hydrogens is 422 g/mol. The summed E-state index contributed by atoms with van der Waals surface area (Å²) >= 11 is 0. The van der Waals surface area contributed by atoms with Crippen LogP contribution >= 0.6 is 0 Å². The summed E-state index contributed by atoms with van der Waals surface area (Å²) in [5, 5.41) is 4.80. The molecule has 1 amide bonds. The van der Waals surface area contributed by atoms with E-state index in [-0.39, 0.29) is 19.1 Å². The molecule has 0 spiro atoms. The van der Waals surface area contributed by atoms with Gasteiger partial charge in [-0.3, -0.25) is 4.79 Å². The lowest BCUT2D eigenvalue weighted by Gasteiger charge is -2.10. The van der Waals surface area contributed by atoms with Crippen LogP contribution in [0.4, 0.5) is 0 Å². The molecule has 7 heteroatoms. The number of furan rings is 1. The summed E-state index contributed by atoms with van der Waals surface area (Å²) in [7, 11) is 0. The van der Waals surface area contributed by atoms with Gasteiger partial charge in [-0.1, -0.05) is 6.07 Å². The minimum Gasteiger partial charge on any atom is -0.461 e. The van der Waals surface area contributed by atoms with E-state index in [9.17, 15) is 9.59 Å². The van der Waals surface area contributed by atoms with Crippen molar-refractivity contribution in [3.8, 4) is 11.5 Å². The van der Waals surface area contributed by atoms with E-state index in [1.807, 2.05) is 31.2 Å². The van der Waals surface area contributed by atoms with Crippen molar-refractivity contribution in [2.45, 2.75) is 45.6 Å². The maximum Gasteiger partial charge on any atom is 0.340 e. The highest BCUT2D eigenvalue weighted by atomic mass is 16.7. The second kappa shape index (κ2) is 7.69. The van der Waals surface area contributed by atoms with Gasteiger partial charge in [0, 0.05) is 35.4 Å². The summed E-state index contributed by atoms with van der Waals surface area (Å²) < 4.78 is 22.3. The Morgan fingerprint density at radius 1 is 0.970 bits per heavy atom. The highest BCUT2D eigenvalue weighted by Gasteiger charge is 2.21. The molecular formula is C26H23NO6. The molecule has 0 radical (unpaired) electrons. The molecule has 2 aliphatic rings. The molecule has 1 N–H and O–H groups in total. The van der Waals surface area contributed by atoms with Gasteiger partial charge in [-0.2, -0.15) is 0 Å². The number of benzene rings is 2. The van der Waals surface area contributed by atoms with Crippen molar-refractivity contribution in [1.29, 1.82) is 0 Å². The normalized spacial score (nSPS) is 14.6. The standard InChI is InChI=1S/C26H23NO6/c1-14-17-9-19-16-4-2-3-5-20(16)32-23(19)11-22(17)33-26(29)18(14)10-25(28)27-12-15-6-7-21-24(8-15)31-13-30-21/h6-9,11H,2-5,10,12-13H2,1H3,(H,27,28). The number of rotatable bonds is 4. The van der Waals surface area contributed by atoms with Gasteiger partial charge in [-0.25, -0.2) is 4.79 Å². The van der Waals surface area contributed by atoms with Crippen molar-refractivity contribution in [3.63, 3.8) is 0 Å². The van der Waals surface area contributed by atoms with E-state index in [0.717, 1.165) is 58.9 Å². The van der Waals surface area contributed by atoms with Crippen molar-refractivity contribution in [1.82, 2.24) is 5.32 Å². The van der Waals surface area contributed by atoms with Gasteiger partial charge in [-0.15, -0.1) is 0 Å². The van der Waals surface area contributed by atoms with Crippen molar-refractivity contribution >= 4 is 27.8 Å². The van der Waals surface area contributed by atoms with Gasteiger partial charge in [0.2, 0.25) is 12.7 Å². The van der Waals surface area contributed by atoms with E-state index >= 15 is 0 Å². The topological polar surface area (TPSA) is 90.9 Å². The lowest BCUT2D eigenvalue weighted by Crippen LogP contribution is -2.27. The highest BCUT2D eigenvalue weighted by molar-refractivity contribution is 5.97. The van der Waals surface area contributed by atoms with E-state index in [0.29, 0.717) is 29.2 Å². The number of ether oxygens (including phenoxy) is 2. The molecule has 6 rings (SSSR count). The molecule has 3 heterocycles. The van der Waals surface area contributed by atoms with Crippen molar-refractivity contribution in [3.05, 3.63) is 68.8 Å². The molecule has 0 saturated heterocycles. The van der Waals surface area contributed by atoms with E-state index in [2.05, 4.69) is 5.32 Å². The lowest BCUT2D eigenvalue weighted by atomic mass is 9.94. The van der Waals surface area contributed by atoms with Crippen LogP contribution in [0.3, 0.4) is 0 Å². The van der Waals surface area contributed by atoms with Gasteiger partial charge >= 0.3 is 5.63 Å². The van der Waals surface area contributed by atoms with Gasteiger partial charge in [0.05, 0.1) is 12.0 Å². The van der Waals surface area contributed by atoms with E-state index in [1.165, 1.54) is 5.56 Å². The van der Waals surface area contributed by atoms with Crippen molar-refractivity contribution < 1.29 is 23.1 Å². The van der Waals surface area contributed by atoms with Crippen LogP contribution in [0.25, 0.3) is 21.9 Å². The van der Waals surface area contributed by atoms with Crippen molar-refractivity contribution in [2.24, 2.45) is 0 Å². The summed E-state index contributed by atoms with van der Waals surface area (Å²) in [4.78, 5) is 25.4. The Hall–Kier alpha value is -3.74. The number of carbonyl (C=O) groups is 1. The van der Waals surface area contributed by atoms with Crippen LogP contribution in [0, 0.1) is 6.92 Å². The van der Waals surface area contributed by atoms with Crippen LogP contribution in [0.15, 0.2) is 44.0 Å². The summed E-state index contributed by atoms with van der Waals surface area (Å²) in [6.07, 6.45) is 4.18. The van der Waals surface area contributed by atoms with E-state index < -0.39 is 5.63 Å². The number of amides is 1. The number of fused-ring (bicyclic) bond motifs is 5. The summed E-state index contributed by atoms with van der Waals surface area (Å²) in [6.45, 7) is 2.41. The Balaban J connectivity index is 1.27. The molecule has 0 unspecified atom stereocenters. The zero-order chi connectivity index (χ0) is 22.5. The third kappa shape index (κ3) is 3.44. The van der Waals surface area contributed by atoms with Crippen LogP contribution < -0.4 is 20.4 Å². The van der Waals surface area contributed by atoms with Crippen LogP contribution in [0.1, 0.15) is 40.9 Å². The van der Waals surface area contributed by atoms with Crippen LogP contribution in [0.5, 0.6) is 11.5 Å². The fourth-order valence-electron chi connectivity index (χ4n) is 4.82. The Bertz CT molecular complexity index is 1480. The zero-order valence-electron chi connectivity index (χ0n) is 18.3. The third-order valence-electron chi connectivity index (χ3n) is 6.63. The molecule has 0 bridgehead atoms. The maximum atomic E-state index is 12.7. The van der Waals surface area contributed by atoms with Crippen LogP contribution in [0.2, 0.25) is 0 Å². The van der Waals surface area contributed by atoms with Gasteiger partial charge in [0.1, 0.15) is 16.9 Å². The zero-order valence-corrected chi connectivity index (χ0v) is 18.3. The second-order valence-electron chi connectivity index (χ2n) is 8.69. The Morgan fingerprint density at radius 2 is 1.79 bits per heavy atom. The largest absolute Gasteiger partial charge is 0.461 e. The quantitative estimate of drug-likeness (QED) is 0.471. The Labute approximate surface area is 189 Å². The predicted molar refractivity (Wildman–Crippen MR) is 122 cm³/mol. The summed E-state index contributed by atoms with van der Waals surface area (Å²) in [5.74, 6) is 2.15. The van der Waals surface area contributed by atoms with E-state index in [1.54, 1.807) is 6.07 Å². The SMILES string of the molecule is Cc1c(CC(=O)NCc2ccc3c(c2)OCO3)c(=O)oc2cc3oc4c(c3cc12)CCCC4. The monoisotopic (exact) mass is 445 g/mol. The lowest BCUT2D eigenvalue weighted by molar-refractivity contribution is -0.120. The minimum atomic E-state index is -0.492. The number of hydrogen-bond acceptors (Lipinski definition) is 6. The Kier molecular flexibility index (Phi) is 4.64. The van der Waals surface area contributed by atoms with Crippen LogP contribution in [-0.4, -0.2) is 12.7 Å². The molecule has 0 saturated carbocycles. The van der Waals surface area contributed by atoms with Gasteiger partial charge in [-0.05, 0) is 55.5 Å². The molecule has 33 heavy (non-hydrogen) atoms. The molecule has 7 nitrogen and oxygen atoms in total. The number of hydrogen-bond donors (Lipinski definition) is 1. The molecule has 2 aromatic carbocycles. The predicted octanol–water partition coefficient (Wildman–Crippen LogP) is 4.31. The number of nitrogens with one attached hydrogen (secondary N) is 1. The molecule has 1 aliphatic carbocycles. The first-order chi connectivity index (χ1) is 16.1. The Morgan fingerprint density at radius 3 is 2.70 bits per heavy atom. The van der Waals surface area contributed by atoms with Crippen molar-refractivity contribution in [2.75, 3.05) is 6.79 Å². The smallest absolute Gasteiger partial charge is 0.340 e. The molecule has 1 aliphatic heterocycles.